The van der Waals surface area contributed by atoms with Crippen LogP contribution in [-0.2, 0) is 4.79 Å². The fraction of sp³-hybridized carbons (Fsp3) is 0.579. The van der Waals surface area contributed by atoms with Crippen LogP contribution < -0.4 is 5.32 Å². The van der Waals surface area contributed by atoms with Gasteiger partial charge < -0.3 is 15.1 Å². The third-order valence-corrected chi connectivity index (χ3v) is 4.35. The molecule has 5 heteroatoms. The molecule has 0 unspecified atom stereocenters. The molecule has 1 aliphatic rings. The van der Waals surface area contributed by atoms with E-state index in [4.69, 9.17) is 0 Å². The average Bonchev–Trinajstić information content (AvgIpc) is 2.62. The maximum absolute atomic E-state index is 12.7. The van der Waals surface area contributed by atoms with Crippen LogP contribution in [0.5, 0.6) is 0 Å². The zero-order valence-corrected chi connectivity index (χ0v) is 14.8. The van der Waals surface area contributed by atoms with Gasteiger partial charge in [-0.05, 0) is 24.5 Å². The van der Waals surface area contributed by atoms with Crippen molar-refractivity contribution in [2.75, 3.05) is 39.3 Å². The highest BCUT2D eigenvalue weighted by molar-refractivity contribution is 5.94. The lowest BCUT2D eigenvalue weighted by atomic mass is 10.1. The van der Waals surface area contributed by atoms with Gasteiger partial charge in [0, 0.05) is 51.3 Å². The fourth-order valence-electron chi connectivity index (χ4n) is 2.80. The minimum atomic E-state index is 0.0179. The molecule has 1 aromatic rings. The van der Waals surface area contributed by atoms with E-state index in [1.807, 2.05) is 40.1 Å². The number of piperazine rings is 1. The Labute approximate surface area is 145 Å². The third kappa shape index (κ3) is 5.64. The zero-order chi connectivity index (χ0) is 17.4. The van der Waals surface area contributed by atoms with Gasteiger partial charge in [0.25, 0.3) is 5.91 Å². The van der Waals surface area contributed by atoms with Crippen molar-refractivity contribution in [1.29, 1.82) is 0 Å². The molecule has 1 heterocycles. The molecule has 24 heavy (non-hydrogen) atoms. The molecule has 0 atom stereocenters. The van der Waals surface area contributed by atoms with E-state index >= 15 is 0 Å². The SMILES string of the molecule is CC(C)CCN(CCC(=O)N1CCNCC1)C(=O)c1ccccc1. The molecule has 1 N–H and O–H groups in total. The predicted octanol–water partition coefficient (Wildman–Crippen LogP) is 2.00. The number of hydrogen-bond acceptors (Lipinski definition) is 3. The van der Waals surface area contributed by atoms with E-state index in [0.29, 0.717) is 31.0 Å². The van der Waals surface area contributed by atoms with Gasteiger partial charge in [-0.25, -0.2) is 0 Å². The molecular weight excluding hydrogens is 302 g/mol. The Kier molecular flexibility index (Phi) is 7.25. The highest BCUT2D eigenvalue weighted by atomic mass is 16.2. The summed E-state index contributed by atoms with van der Waals surface area (Å²) >= 11 is 0. The van der Waals surface area contributed by atoms with Crippen molar-refractivity contribution in [2.24, 2.45) is 5.92 Å². The molecule has 132 valence electrons. The third-order valence-electron chi connectivity index (χ3n) is 4.35. The molecule has 0 bridgehead atoms. The van der Waals surface area contributed by atoms with Crippen LogP contribution in [0, 0.1) is 5.92 Å². The second-order valence-corrected chi connectivity index (χ2v) is 6.72. The Morgan fingerprint density at radius 1 is 1.12 bits per heavy atom. The number of amides is 2. The van der Waals surface area contributed by atoms with Gasteiger partial charge in [0.2, 0.25) is 5.91 Å². The molecule has 0 radical (unpaired) electrons. The van der Waals surface area contributed by atoms with E-state index in [0.717, 1.165) is 32.6 Å². The summed E-state index contributed by atoms with van der Waals surface area (Å²) in [4.78, 5) is 28.8. The fourth-order valence-corrected chi connectivity index (χ4v) is 2.80. The van der Waals surface area contributed by atoms with Crippen molar-refractivity contribution < 1.29 is 9.59 Å². The van der Waals surface area contributed by atoms with Crippen molar-refractivity contribution in [3.8, 4) is 0 Å². The lowest BCUT2D eigenvalue weighted by Crippen LogP contribution is -2.47. The van der Waals surface area contributed by atoms with Crippen LogP contribution in [0.25, 0.3) is 0 Å². The molecule has 0 aromatic heterocycles. The Hall–Kier alpha value is -1.88. The summed E-state index contributed by atoms with van der Waals surface area (Å²) in [5, 5.41) is 3.25. The number of rotatable bonds is 7. The van der Waals surface area contributed by atoms with Crippen LogP contribution in [0.15, 0.2) is 30.3 Å². The van der Waals surface area contributed by atoms with E-state index in [2.05, 4.69) is 19.2 Å². The number of carbonyl (C=O) groups excluding carboxylic acids is 2. The first-order valence-corrected chi connectivity index (χ1v) is 8.90. The van der Waals surface area contributed by atoms with Crippen LogP contribution >= 0.6 is 0 Å². The first-order chi connectivity index (χ1) is 11.6. The lowest BCUT2D eigenvalue weighted by molar-refractivity contribution is -0.131. The van der Waals surface area contributed by atoms with E-state index in [1.165, 1.54) is 0 Å². The van der Waals surface area contributed by atoms with Gasteiger partial charge in [-0.2, -0.15) is 0 Å². The highest BCUT2D eigenvalue weighted by Crippen LogP contribution is 2.10. The van der Waals surface area contributed by atoms with Crippen LogP contribution in [0.4, 0.5) is 0 Å². The summed E-state index contributed by atoms with van der Waals surface area (Å²) in [7, 11) is 0. The molecule has 2 rings (SSSR count). The topological polar surface area (TPSA) is 52.7 Å². The van der Waals surface area contributed by atoms with Gasteiger partial charge in [-0.1, -0.05) is 32.0 Å². The Bertz CT molecular complexity index is 525. The molecule has 0 saturated carbocycles. The maximum atomic E-state index is 12.7. The summed E-state index contributed by atoms with van der Waals surface area (Å²) in [6, 6.07) is 9.33. The number of nitrogens with zero attached hydrogens (tertiary/aromatic N) is 2. The molecule has 1 saturated heterocycles. The van der Waals surface area contributed by atoms with Crippen LogP contribution in [0.3, 0.4) is 0 Å². The molecule has 1 aromatic carbocycles. The minimum absolute atomic E-state index is 0.0179. The number of carbonyl (C=O) groups is 2. The van der Waals surface area contributed by atoms with Gasteiger partial charge in [0.1, 0.15) is 0 Å². The van der Waals surface area contributed by atoms with Gasteiger partial charge in [-0.15, -0.1) is 0 Å². The molecular formula is C19H29N3O2. The van der Waals surface area contributed by atoms with Gasteiger partial charge in [-0.3, -0.25) is 9.59 Å². The smallest absolute Gasteiger partial charge is 0.253 e. The van der Waals surface area contributed by atoms with Crippen molar-refractivity contribution in [3.63, 3.8) is 0 Å². The normalized spacial score (nSPS) is 14.7. The van der Waals surface area contributed by atoms with E-state index in [9.17, 15) is 9.59 Å². The largest absolute Gasteiger partial charge is 0.340 e. The second kappa shape index (κ2) is 9.42. The summed E-state index contributed by atoms with van der Waals surface area (Å²) in [6.07, 6.45) is 1.34. The number of hydrogen-bond donors (Lipinski definition) is 1. The van der Waals surface area contributed by atoms with Gasteiger partial charge in [0.15, 0.2) is 0 Å². The van der Waals surface area contributed by atoms with Crippen LogP contribution in [0.1, 0.15) is 37.0 Å². The second-order valence-electron chi connectivity index (χ2n) is 6.72. The maximum Gasteiger partial charge on any atom is 0.253 e. The van der Waals surface area contributed by atoms with Gasteiger partial charge in [0.05, 0.1) is 0 Å². The van der Waals surface area contributed by atoms with Crippen molar-refractivity contribution in [1.82, 2.24) is 15.1 Å². The van der Waals surface area contributed by atoms with E-state index in [-0.39, 0.29) is 11.8 Å². The summed E-state index contributed by atoms with van der Waals surface area (Å²) in [5.41, 5.74) is 0.691. The standard InChI is InChI=1S/C19H29N3O2/c1-16(2)8-12-22(19(24)17-6-4-3-5-7-17)13-9-18(23)21-14-10-20-11-15-21/h3-7,16,20H,8-15H2,1-2H3. The molecule has 1 fully saturated rings. The van der Waals surface area contributed by atoms with Crippen molar-refractivity contribution in [2.45, 2.75) is 26.7 Å². The van der Waals surface area contributed by atoms with E-state index in [1.54, 1.807) is 0 Å². The highest BCUT2D eigenvalue weighted by Gasteiger charge is 2.20. The monoisotopic (exact) mass is 331 g/mol. The van der Waals surface area contributed by atoms with E-state index < -0.39 is 0 Å². The molecule has 2 amide bonds. The summed E-state index contributed by atoms with van der Waals surface area (Å²) < 4.78 is 0. The molecule has 0 spiro atoms. The number of benzene rings is 1. The lowest BCUT2D eigenvalue weighted by Gasteiger charge is -2.29. The van der Waals surface area contributed by atoms with Crippen molar-refractivity contribution in [3.05, 3.63) is 35.9 Å². The Morgan fingerprint density at radius 2 is 1.79 bits per heavy atom. The van der Waals surface area contributed by atoms with Crippen LogP contribution in [0.2, 0.25) is 0 Å². The molecule has 1 aliphatic heterocycles. The summed E-state index contributed by atoms with van der Waals surface area (Å²) in [5.74, 6) is 0.691. The van der Waals surface area contributed by atoms with Crippen LogP contribution in [-0.4, -0.2) is 60.9 Å². The Balaban J connectivity index is 1.95. The quantitative estimate of drug-likeness (QED) is 0.831. The van der Waals surface area contributed by atoms with Gasteiger partial charge >= 0.3 is 0 Å². The zero-order valence-electron chi connectivity index (χ0n) is 14.8. The summed E-state index contributed by atoms with van der Waals surface area (Å²) in [6.45, 7) is 8.71. The first kappa shape index (κ1) is 18.5. The molecule has 5 nitrogen and oxygen atoms in total. The average molecular weight is 331 g/mol. The minimum Gasteiger partial charge on any atom is -0.340 e. The molecule has 0 aliphatic carbocycles. The predicted molar refractivity (Wildman–Crippen MR) is 95.9 cm³/mol. The van der Waals surface area contributed by atoms with Crippen molar-refractivity contribution >= 4 is 11.8 Å². The first-order valence-electron chi connectivity index (χ1n) is 8.90. The number of nitrogens with one attached hydrogen (secondary N) is 1. The Morgan fingerprint density at radius 3 is 2.42 bits per heavy atom.